The molecule has 7 heteroatoms. The molecule has 5 nitrogen and oxygen atoms in total. The molecule has 2 heterocycles. The first kappa shape index (κ1) is 22.3. The van der Waals surface area contributed by atoms with Crippen molar-refractivity contribution in [3.8, 4) is 11.1 Å². The number of hydrogen-bond donors (Lipinski definition) is 0. The molecule has 0 unspecified atom stereocenters. The summed E-state index contributed by atoms with van der Waals surface area (Å²) in [6.45, 7) is 3.28. The van der Waals surface area contributed by atoms with Crippen molar-refractivity contribution in [3.05, 3.63) is 102 Å². The number of hydrogen-bond acceptors (Lipinski definition) is 4. The van der Waals surface area contributed by atoms with E-state index < -0.39 is 0 Å². The van der Waals surface area contributed by atoms with Gasteiger partial charge in [-0.2, -0.15) is 0 Å². The summed E-state index contributed by atoms with van der Waals surface area (Å²) in [5, 5.41) is 1.36. The molecular weight excluding hydrogens is 464 g/mol. The van der Waals surface area contributed by atoms with Gasteiger partial charge in [-0.3, -0.25) is 9.69 Å². The molecule has 0 bridgehead atoms. The molecule has 3 aromatic carbocycles. The molecule has 5 aromatic rings. The topological polar surface area (TPSA) is 51.0 Å². The van der Waals surface area contributed by atoms with Crippen molar-refractivity contribution in [2.75, 3.05) is 11.4 Å². The van der Waals surface area contributed by atoms with Crippen LogP contribution in [0.3, 0.4) is 0 Å². The second-order valence-electron chi connectivity index (χ2n) is 8.07. The third-order valence-electron chi connectivity index (χ3n) is 5.81. The number of carbonyl (C=O) groups is 1. The Hall–Kier alpha value is -3.48. The fourth-order valence-corrected chi connectivity index (χ4v) is 5.11. The van der Waals surface area contributed by atoms with E-state index in [1.54, 1.807) is 17.4 Å². The number of aryl methyl sites for hydroxylation is 2. The van der Waals surface area contributed by atoms with E-state index in [0.29, 0.717) is 22.3 Å². The van der Waals surface area contributed by atoms with Gasteiger partial charge in [0, 0.05) is 36.1 Å². The summed E-state index contributed by atoms with van der Waals surface area (Å²) in [7, 11) is 0. The number of amides is 1. The van der Waals surface area contributed by atoms with Crippen LogP contribution in [0.5, 0.6) is 0 Å². The lowest BCUT2D eigenvalue weighted by molar-refractivity contribution is 0.0986. The normalized spacial score (nSPS) is 11.1. The Morgan fingerprint density at radius 2 is 1.79 bits per heavy atom. The van der Waals surface area contributed by atoms with Gasteiger partial charge < -0.3 is 4.57 Å². The molecule has 0 saturated heterocycles. The Bertz CT molecular complexity index is 1410. The molecule has 0 fully saturated rings. The van der Waals surface area contributed by atoms with Crippen molar-refractivity contribution in [1.82, 2.24) is 14.5 Å². The standard InChI is InChI=1S/C27H23ClN4OS/c1-19-23(28)12-13-24-25(19)30-27(34-24)32(16-5-15-31-17-14-29-18-31)26(33)22-10-8-21(9-11-22)20-6-3-2-4-7-20/h2-4,6-14,17-18H,5,15-16H2,1H3. The van der Waals surface area contributed by atoms with Crippen LogP contribution in [0.25, 0.3) is 21.3 Å². The molecule has 5 rings (SSSR count). The van der Waals surface area contributed by atoms with Crippen LogP contribution >= 0.6 is 22.9 Å². The van der Waals surface area contributed by atoms with E-state index in [1.807, 2.05) is 72.3 Å². The van der Waals surface area contributed by atoms with E-state index in [2.05, 4.69) is 17.1 Å². The van der Waals surface area contributed by atoms with Crippen LogP contribution in [0.4, 0.5) is 5.13 Å². The Balaban J connectivity index is 1.44. The maximum Gasteiger partial charge on any atom is 0.260 e. The number of imidazole rings is 1. The fraction of sp³-hybridized carbons (Fsp3) is 0.148. The van der Waals surface area contributed by atoms with Crippen LogP contribution in [0.15, 0.2) is 85.5 Å². The maximum absolute atomic E-state index is 13.7. The minimum atomic E-state index is -0.0620. The van der Waals surface area contributed by atoms with Gasteiger partial charge in [0.2, 0.25) is 0 Å². The van der Waals surface area contributed by atoms with Gasteiger partial charge in [-0.25, -0.2) is 9.97 Å². The highest BCUT2D eigenvalue weighted by Crippen LogP contribution is 2.34. The van der Waals surface area contributed by atoms with Crippen molar-refractivity contribution < 1.29 is 4.79 Å². The van der Waals surface area contributed by atoms with Crippen molar-refractivity contribution in [3.63, 3.8) is 0 Å². The second kappa shape index (κ2) is 9.79. The lowest BCUT2D eigenvalue weighted by atomic mass is 10.0. The lowest BCUT2D eigenvalue weighted by Gasteiger charge is -2.20. The summed E-state index contributed by atoms with van der Waals surface area (Å²) in [5.41, 5.74) is 4.61. The number of anilines is 1. The first-order valence-corrected chi connectivity index (χ1v) is 12.3. The Kier molecular flexibility index (Phi) is 6.43. The SMILES string of the molecule is Cc1c(Cl)ccc2sc(N(CCCn3ccnc3)C(=O)c3ccc(-c4ccccc4)cc3)nc12. The number of halogens is 1. The highest BCUT2D eigenvalue weighted by molar-refractivity contribution is 7.22. The molecule has 0 saturated carbocycles. The maximum atomic E-state index is 13.7. The summed E-state index contributed by atoms with van der Waals surface area (Å²) in [5.74, 6) is -0.0620. The van der Waals surface area contributed by atoms with E-state index in [9.17, 15) is 4.79 Å². The van der Waals surface area contributed by atoms with Crippen molar-refractivity contribution >= 4 is 44.2 Å². The molecule has 0 aliphatic rings. The molecule has 170 valence electrons. The van der Waals surface area contributed by atoms with Crippen LogP contribution in [0.2, 0.25) is 5.02 Å². The molecule has 0 aliphatic heterocycles. The summed E-state index contributed by atoms with van der Waals surface area (Å²) >= 11 is 7.83. The average molecular weight is 487 g/mol. The minimum absolute atomic E-state index is 0.0620. The van der Waals surface area contributed by atoms with Crippen LogP contribution < -0.4 is 4.90 Å². The van der Waals surface area contributed by atoms with Crippen LogP contribution in [-0.2, 0) is 6.54 Å². The first-order valence-electron chi connectivity index (χ1n) is 11.1. The molecule has 1 amide bonds. The first-order chi connectivity index (χ1) is 16.6. The van der Waals surface area contributed by atoms with E-state index in [1.165, 1.54) is 11.3 Å². The van der Waals surface area contributed by atoms with Gasteiger partial charge in [0.1, 0.15) is 0 Å². The Labute approximate surface area is 207 Å². The number of nitrogens with zero attached hydrogens (tertiary/aromatic N) is 4. The Morgan fingerprint density at radius 1 is 1.03 bits per heavy atom. The monoisotopic (exact) mass is 486 g/mol. The summed E-state index contributed by atoms with van der Waals surface area (Å²) in [6.07, 6.45) is 6.26. The van der Waals surface area contributed by atoms with Crippen LogP contribution in [0.1, 0.15) is 22.3 Å². The van der Waals surface area contributed by atoms with E-state index in [0.717, 1.165) is 39.9 Å². The predicted octanol–water partition coefficient (Wildman–Crippen LogP) is 6.86. The number of carbonyl (C=O) groups excluding carboxylic acids is 1. The minimum Gasteiger partial charge on any atom is -0.337 e. The molecule has 34 heavy (non-hydrogen) atoms. The van der Waals surface area contributed by atoms with E-state index in [4.69, 9.17) is 16.6 Å². The van der Waals surface area contributed by atoms with Crippen molar-refractivity contribution in [2.45, 2.75) is 19.9 Å². The number of benzene rings is 3. The molecule has 0 aliphatic carbocycles. The van der Waals surface area contributed by atoms with Crippen LogP contribution in [0, 0.1) is 6.92 Å². The lowest BCUT2D eigenvalue weighted by Crippen LogP contribution is -2.32. The second-order valence-corrected chi connectivity index (χ2v) is 9.49. The van der Waals surface area contributed by atoms with Crippen molar-refractivity contribution in [2.24, 2.45) is 0 Å². The smallest absolute Gasteiger partial charge is 0.260 e. The highest BCUT2D eigenvalue weighted by Gasteiger charge is 2.22. The summed E-state index contributed by atoms with van der Waals surface area (Å²) in [6, 6.07) is 21.8. The molecule has 2 aromatic heterocycles. The molecule has 0 radical (unpaired) electrons. The quantitative estimate of drug-likeness (QED) is 0.252. The zero-order valence-corrected chi connectivity index (χ0v) is 20.3. The van der Waals surface area contributed by atoms with Gasteiger partial charge in [-0.05, 0) is 54.3 Å². The number of rotatable bonds is 7. The Morgan fingerprint density at radius 3 is 2.53 bits per heavy atom. The van der Waals surface area contributed by atoms with E-state index in [-0.39, 0.29) is 5.91 Å². The molecule has 0 N–H and O–H groups in total. The van der Waals surface area contributed by atoms with E-state index >= 15 is 0 Å². The highest BCUT2D eigenvalue weighted by atomic mass is 35.5. The predicted molar refractivity (Wildman–Crippen MR) is 140 cm³/mol. The largest absolute Gasteiger partial charge is 0.337 e. The van der Waals surface area contributed by atoms with Gasteiger partial charge in [0.25, 0.3) is 5.91 Å². The van der Waals surface area contributed by atoms with Gasteiger partial charge in [0.05, 0.1) is 16.5 Å². The zero-order chi connectivity index (χ0) is 23.5. The molecule has 0 atom stereocenters. The third kappa shape index (κ3) is 4.60. The fourth-order valence-electron chi connectivity index (χ4n) is 3.91. The van der Waals surface area contributed by atoms with Gasteiger partial charge >= 0.3 is 0 Å². The van der Waals surface area contributed by atoms with Gasteiger partial charge in [0.15, 0.2) is 5.13 Å². The summed E-state index contributed by atoms with van der Waals surface area (Å²) < 4.78 is 3.03. The van der Waals surface area contributed by atoms with Crippen LogP contribution in [-0.4, -0.2) is 27.0 Å². The van der Waals surface area contributed by atoms with Gasteiger partial charge in [-0.15, -0.1) is 0 Å². The molecule has 0 spiro atoms. The third-order valence-corrected chi connectivity index (χ3v) is 7.26. The number of thiazole rings is 1. The average Bonchev–Trinajstić information content (AvgIpc) is 3.55. The molecular formula is C27H23ClN4OS. The number of aromatic nitrogens is 3. The zero-order valence-electron chi connectivity index (χ0n) is 18.7. The van der Waals surface area contributed by atoms with Crippen molar-refractivity contribution in [1.29, 1.82) is 0 Å². The van der Waals surface area contributed by atoms with Gasteiger partial charge in [-0.1, -0.05) is 65.4 Å². The number of fused-ring (bicyclic) bond motifs is 1. The summed E-state index contributed by atoms with van der Waals surface area (Å²) in [4.78, 5) is 24.4.